The van der Waals surface area contributed by atoms with Crippen LogP contribution < -0.4 is 28.4 Å². The Balaban J connectivity index is 2.10. The van der Waals surface area contributed by atoms with Crippen LogP contribution in [0, 0.1) is 0 Å². The minimum Gasteiger partial charge on any atom is -0.481 e. The molecule has 1 atom stereocenters. The number of benzene rings is 1. The van der Waals surface area contributed by atoms with Crippen LogP contribution in [0.3, 0.4) is 0 Å². The molecule has 0 amide bonds. The molecule has 0 spiro atoms. The van der Waals surface area contributed by atoms with Gasteiger partial charge in [0.05, 0.1) is 40.6 Å². The van der Waals surface area contributed by atoms with Crippen LogP contribution in [0.5, 0.6) is 47.0 Å². The van der Waals surface area contributed by atoms with E-state index in [-0.39, 0.29) is 52.6 Å². The largest absolute Gasteiger partial charge is 0.481 e. The third-order valence-electron chi connectivity index (χ3n) is 4.98. The molecule has 0 fully saturated rings. The Morgan fingerprint density at radius 1 is 0.718 bits per heavy atom. The third-order valence-corrected chi connectivity index (χ3v) is 6.99. The van der Waals surface area contributed by atoms with Crippen molar-refractivity contribution < 1.29 is 51.6 Å². The van der Waals surface area contributed by atoms with Crippen molar-refractivity contribution in [3.63, 3.8) is 0 Å². The zero-order chi connectivity index (χ0) is 28.6. The van der Waals surface area contributed by atoms with Crippen LogP contribution in [0.25, 0.3) is 0 Å². The summed E-state index contributed by atoms with van der Waals surface area (Å²) < 4.78 is 60.3. The van der Waals surface area contributed by atoms with Gasteiger partial charge < -0.3 is 42.2 Å². The van der Waals surface area contributed by atoms with Gasteiger partial charge in [-0.25, -0.2) is 4.79 Å². The highest BCUT2D eigenvalue weighted by molar-refractivity contribution is 7.54. The maximum absolute atomic E-state index is 13.5. The fourth-order valence-electron chi connectivity index (χ4n) is 3.01. The molecule has 2 heterocycles. The van der Waals surface area contributed by atoms with Crippen molar-refractivity contribution in [1.82, 2.24) is 19.9 Å². The number of methoxy groups -OCH3 is 4. The Labute approximate surface area is 223 Å². The molecule has 3 rings (SSSR count). The van der Waals surface area contributed by atoms with E-state index in [9.17, 15) is 9.36 Å². The van der Waals surface area contributed by atoms with E-state index in [2.05, 4.69) is 19.9 Å². The van der Waals surface area contributed by atoms with Crippen LogP contribution in [-0.4, -0.2) is 74.4 Å². The van der Waals surface area contributed by atoms with Gasteiger partial charge in [0.1, 0.15) is 17.1 Å². The molecule has 0 N–H and O–H groups in total. The van der Waals surface area contributed by atoms with Gasteiger partial charge in [-0.2, -0.15) is 19.9 Å². The van der Waals surface area contributed by atoms with Gasteiger partial charge in [-0.05, 0) is 19.1 Å². The summed E-state index contributed by atoms with van der Waals surface area (Å²) in [6.07, 6.45) is 0. The summed E-state index contributed by atoms with van der Waals surface area (Å²) in [5.74, 6) is -1.95. The Bertz CT molecular complexity index is 1230. The fraction of sp³-hybridized carbons (Fsp3) is 0.348. The third kappa shape index (κ3) is 7.02. The van der Waals surface area contributed by atoms with Gasteiger partial charge in [-0.3, -0.25) is 4.57 Å². The van der Waals surface area contributed by atoms with E-state index in [0.29, 0.717) is 0 Å². The van der Waals surface area contributed by atoms with Gasteiger partial charge in [-0.15, -0.1) is 0 Å². The topological polar surface area (TPSA) is 169 Å². The summed E-state index contributed by atoms with van der Waals surface area (Å²) in [4.78, 5) is 29.9. The van der Waals surface area contributed by atoms with Crippen molar-refractivity contribution in [2.75, 3.05) is 42.7 Å². The van der Waals surface area contributed by atoms with E-state index in [1.54, 1.807) is 0 Å². The standard InChI is InChI=1S/C23H27N4O11P/c1-13(39(29,34-6)35-7)36-21(28)20-14(37-22-24-16(30-2)11-17(25-22)31-3)9-8-10-15(20)38-23-26-18(32-4)12-19(27-23)33-5/h8-13H,1-7H3. The summed E-state index contributed by atoms with van der Waals surface area (Å²) in [5.41, 5.74) is -0.251. The number of hydrogen-bond donors (Lipinski definition) is 0. The molecule has 0 bridgehead atoms. The second-order valence-electron chi connectivity index (χ2n) is 7.21. The van der Waals surface area contributed by atoms with Gasteiger partial charge in [0.2, 0.25) is 23.5 Å². The first-order valence-electron chi connectivity index (χ1n) is 11.0. The lowest BCUT2D eigenvalue weighted by molar-refractivity contribution is 0.0408. The van der Waals surface area contributed by atoms with Crippen molar-refractivity contribution in [1.29, 1.82) is 0 Å². The molecule has 0 saturated carbocycles. The molecule has 0 aliphatic rings. The lowest BCUT2D eigenvalue weighted by atomic mass is 10.2. The zero-order valence-electron chi connectivity index (χ0n) is 22.2. The van der Waals surface area contributed by atoms with E-state index in [4.69, 9.17) is 42.2 Å². The summed E-state index contributed by atoms with van der Waals surface area (Å²) in [6.45, 7) is 1.35. The molecule has 0 aliphatic carbocycles. The van der Waals surface area contributed by atoms with Gasteiger partial charge in [-0.1, -0.05) is 6.07 Å². The van der Waals surface area contributed by atoms with Gasteiger partial charge in [0.15, 0.2) is 5.85 Å². The molecule has 39 heavy (non-hydrogen) atoms. The van der Waals surface area contributed by atoms with E-state index in [0.717, 1.165) is 0 Å². The van der Waals surface area contributed by atoms with Gasteiger partial charge >= 0.3 is 25.6 Å². The van der Waals surface area contributed by atoms with Crippen molar-refractivity contribution in [2.45, 2.75) is 12.8 Å². The maximum Gasteiger partial charge on any atom is 0.370 e. The smallest absolute Gasteiger partial charge is 0.370 e. The molecule has 15 nitrogen and oxygen atoms in total. The Hall–Kier alpha value is -4.20. The number of carbonyl (C=O) groups excluding carboxylic acids is 1. The quantitative estimate of drug-likeness (QED) is 0.216. The van der Waals surface area contributed by atoms with Crippen LogP contribution in [0.2, 0.25) is 0 Å². The predicted molar refractivity (Wildman–Crippen MR) is 133 cm³/mol. The summed E-state index contributed by atoms with van der Waals surface area (Å²) in [5, 5.41) is 0. The first-order chi connectivity index (χ1) is 18.7. The molecule has 2 aromatic heterocycles. The number of rotatable bonds is 13. The highest BCUT2D eigenvalue weighted by atomic mass is 31.2. The van der Waals surface area contributed by atoms with Gasteiger partial charge in [0, 0.05) is 14.2 Å². The number of aromatic nitrogens is 4. The van der Waals surface area contributed by atoms with E-state index < -0.39 is 19.4 Å². The number of ether oxygens (including phenoxy) is 7. The van der Waals surface area contributed by atoms with Crippen LogP contribution in [0.1, 0.15) is 17.3 Å². The van der Waals surface area contributed by atoms with Crippen molar-refractivity contribution in [3.8, 4) is 47.0 Å². The Kier molecular flexibility index (Phi) is 9.82. The number of carbonyl (C=O) groups is 1. The van der Waals surface area contributed by atoms with Crippen LogP contribution in [0.15, 0.2) is 30.3 Å². The van der Waals surface area contributed by atoms with Crippen LogP contribution in [-0.2, 0) is 18.3 Å². The molecule has 0 aliphatic heterocycles. The number of esters is 1. The summed E-state index contributed by atoms with van der Waals surface area (Å²) >= 11 is 0. The highest BCUT2D eigenvalue weighted by Gasteiger charge is 2.35. The minimum absolute atomic E-state index is 0.0977. The number of nitrogens with zero attached hydrogens (tertiary/aromatic N) is 4. The van der Waals surface area contributed by atoms with Gasteiger partial charge in [0.25, 0.3) is 0 Å². The van der Waals surface area contributed by atoms with Crippen molar-refractivity contribution in [2.24, 2.45) is 0 Å². The second-order valence-corrected chi connectivity index (χ2v) is 9.75. The average Bonchev–Trinajstić information content (AvgIpc) is 2.96. The highest BCUT2D eigenvalue weighted by Crippen LogP contribution is 2.52. The Morgan fingerprint density at radius 3 is 1.44 bits per heavy atom. The molecule has 16 heteroatoms. The zero-order valence-corrected chi connectivity index (χ0v) is 23.1. The monoisotopic (exact) mass is 566 g/mol. The molecule has 3 aromatic rings. The SMILES string of the molecule is COc1cc(OC)nc(Oc2cccc(Oc3nc(OC)cc(OC)n3)c2C(=O)OC(C)P(=O)(OC)OC)n1. The van der Waals surface area contributed by atoms with E-state index in [1.807, 2.05) is 0 Å². The van der Waals surface area contributed by atoms with E-state index in [1.165, 1.54) is 79.9 Å². The van der Waals surface area contributed by atoms with Crippen LogP contribution >= 0.6 is 7.60 Å². The second kappa shape index (κ2) is 13.0. The predicted octanol–water partition coefficient (Wildman–Crippen LogP) is 3.87. The van der Waals surface area contributed by atoms with Crippen molar-refractivity contribution >= 4 is 13.6 Å². The summed E-state index contributed by atoms with van der Waals surface area (Å²) in [6, 6.07) is 6.82. The molecule has 1 unspecified atom stereocenters. The first-order valence-corrected chi connectivity index (χ1v) is 12.7. The lowest BCUT2D eigenvalue weighted by Crippen LogP contribution is -2.18. The first kappa shape index (κ1) is 29.4. The molecular formula is C23H27N4O11P. The van der Waals surface area contributed by atoms with Crippen LogP contribution in [0.4, 0.5) is 0 Å². The number of hydrogen-bond acceptors (Lipinski definition) is 15. The summed E-state index contributed by atoms with van der Waals surface area (Å²) in [7, 11) is 4.14. The lowest BCUT2D eigenvalue weighted by Gasteiger charge is -2.22. The maximum atomic E-state index is 13.5. The molecular weight excluding hydrogens is 539 g/mol. The molecule has 0 radical (unpaired) electrons. The fourth-order valence-corrected chi connectivity index (χ4v) is 3.97. The molecule has 0 saturated heterocycles. The Morgan fingerprint density at radius 2 is 1.10 bits per heavy atom. The minimum atomic E-state index is -3.79. The normalized spacial score (nSPS) is 11.8. The van der Waals surface area contributed by atoms with Crippen molar-refractivity contribution in [3.05, 3.63) is 35.9 Å². The molecule has 210 valence electrons. The van der Waals surface area contributed by atoms with E-state index >= 15 is 0 Å². The average molecular weight is 566 g/mol. The molecule has 1 aromatic carbocycles.